The van der Waals surface area contributed by atoms with Crippen LogP contribution in [0.5, 0.6) is 5.75 Å². The van der Waals surface area contributed by atoms with Crippen molar-refractivity contribution in [2.45, 2.75) is 101 Å². The Bertz CT molecular complexity index is 1770. The number of rotatable bonds is 17. The molecule has 0 spiro atoms. The molecule has 14 nitrogen and oxygen atoms in total. The quantitative estimate of drug-likeness (QED) is 0.128. The van der Waals surface area contributed by atoms with E-state index in [1.807, 2.05) is 36.6 Å². The molecule has 310 valence electrons. The van der Waals surface area contributed by atoms with Gasteiger partial charge in [-0.05, 0) is 113 Å². The van der Waals surface area contributed by atoms with Gasteiger partial charge in [0.15, 0.2) is 5.78 Å². The number of nitrogens with two attached hydrogens (primary N) is 1. The number of carbonyl (C=O) groups excluding carboxylic acids is 6. The predicted octanol–water partition coefficient (Wildman–Crippen LogP) is 3.18. The molecule has 15 heteroatoms. The lowest BCUT2D eigenvalue weighted by Crippen LogP contribution is -2.72. The molecule has 2 aromatic rings. The van der Waals surface area contributed by atoms with E-state index in [9.17, 15) is 33.9 Å². The highest BCUT2D eigenvalue weighted by Crippen LogP contribution is 2.64. The second-order valence-electron chi connectivity index (χ2n) is 16.9. The van der Waals surface area contributed by atoms with E-state index in [0.717, 1.165) is 12.0 Å². The van der Waals surface area contributed by atoms with Crippen LogP contribution in [-0.4, -0.2) is 95.6 Å². The summed E-state index contributed by atoms with van der Waals surface area (Å²) in [6, 6.07) is 12.1. The Morgan fingerprint density at radius 1 is 0.842 bits per heavy atom. The summed E-state index contributed by atoms with van der Waals surface area (Å²) in [4.78, 5) is 82.1. The first-order chi connectivity index (χ1) is 26.9. The summed E-state index contributed by atoms with van der Waals surface area (Å²) in [5, 5.41) is 20.5. The van der Waals surface area contributed by atoms with Crippen molar-refractivity contribution in [2.24, 2.45) is 28.9 Å². The van der Waals surface area contributed by atoms with Crippen molar-refractivity contribution < 1.29 is 43.3 Å². The molecule has 0 aromatic heterocycles. The number of carbonyl (C=O) groups is 6. The highest BCUT2D eigenvalue weighted by Gasteiger charge is 2.68. The molecular formula is C42H57N5O9S. The Morgan fingerprint density at radius 3 is 2.05 bits per heavy atom. The number of Topliss-reactive ketones (excluding diaryl/α,β-unsaturated/α-hetero) is 1. The number of alkyl carbamates (subject to hydrolysis) is 1. The van der Waals surface area contributed by atoms with Gasteiger partial charge >= 0.3 is 12.1 Å². The standard InChI is InChI=1S/C42H57N5O9S/c1-40(2,3)56-39(54)47-32(19-26-11-13-29(48)14-12-26)37(52)46-30(15-16-57-5)36(51)44-24-33(49)45-31(18-25-9-7-6-8-10-25)34(50)35-41(38(53)55-4)20-27-17-28(21-41)23-42(35,43)22-27/h6-14,27-28,30-32,35,48H,15-24,43H2,1-5H3,(H,44,51)(H,45,49)(H,46,52)(H,47,54)/t27?,28?,30-,31-,32-,35?,41?,42?/m0/s1. The van der Waals surface area contributed by atoms with Crippen LogP contribution in [-0.2, 0) is 46.3 Å². The number of aromatic hydroxyl groups is 1. The summed E-state index contributed by atoms with van der Waals surface area (Å²) in [5.74, 6) is -2.57. The number of thioether (sulfide) groups is 1. The third kappa shape index (κ3) is 10.9. The van der Waals surface area contributed by atoms with Gasteiger partial charge in [-0.15, -0.1) is 0 Å². The molecule has 57 heavy (non-hydrogen) atoms. The summed E-state index contributed by atoms with van der Waals surface area (Å²) in [5.41, 5.74) is 5.68. The van der Waals surface area contributed by atoms with Crippen LogP contribution < -0.4 is 27.0 Å². The van der Waals surface area contributed by atoms with Crippen molar-refractivity contribution in [1.82, 2.24) is 21.3 Å². The molecule has 0 radical (unpaired) electrons. The average Bonchev–Trinajstić information content (AvgIpc) is 3.14. The highest BCUT2D eigenvalue weighted by molar-refractivity contribution is 7.98. The number of phenols is 1. The topological polar surface area (TPSA) is 215 Å². The number of hydrogen-bond donors (Lipinski definition) is 6. The van der Waals surface area contributed by atoms with Gasteiger partial charge in [0.25, 0.3) is 0 Å². The molecule has 3 unspecified atom stereocenters. The Morgan fingerprint density at radius 2 is 1.46 bits per heavy atom. The molecule has 4 saturated carbocycles. The first-order valence-corrected chi connectivity index (χ1v) is 20.9. The lowest BCUT2D eigenvalue weighted by Gasteiger charge is -2.63. The van der Waals surface area contributed by atoms with Crippen molar-refractivity contribution >= 4 is 47.3 Å². The van der Waals surface area contributed by atoms with E-state index >= 15 is 0 Å². The van der Waals surface area contributed by atoms with Crippen LogP contribution >= 0.6 is 11.8 Å². The Hall–Kier alpha value is -4.63. The van der Waals surface area contributed by atoms with E-state index in [1.165, 1.54) is 31.0 Å². The number of nitrogens with one attached hydrogen (secondary N) is 4. The van der Waals surface area contributed by atoms with E-state index in [2.05, 4.69) is 21.3 Å². The zero-order valence-corrected chi connectivity index (χ0v) is 34.2. The maximum absolute atomic E-state index is 14.8. The number of methoxy groups -OCH3 is 1. The Balaban J connectivity index is 1.30. The van der Waals surface area contributed by atoms with Crippen LogP contribution in [0.15, 0.2) is 54.6 Å². The molecule has 0 heterocycles. The van der Waals surface area contributed by atoms with Crippen molar-refractivity contribution in [3.8, 4) is 5.75 Å². The maximum atomic E-state index is 14.8. The molecule has 4 bridgehead atoms. The molecular weight excluding hydrogens is 751 g/mol. The van der Waals surface area contributed by atoms with Gasteiger partial charge in [-0.2, -0.15) is 11.8 Å². The fourth-order valence-corrected chi connectivity index (χ4v) is 9.87. The van der Waals surface area contributed by atoms with Crippen molar-refractivity contribution in [3.63, 3.8) is 0 Å². The lowest BCUT2D eigenvalue weighted by molar-refractivity contribution is -0.188. The van der Waals surface area contributed by atoms with Gasteiger partial charge in [0.2, 0.25) is 17.7 Å². The van der Waals surface area contributed by atoms with Crippen LogP contribution in [0.3, 0.4) is 0 Å². The maximum Gasteiger partial charge on any atom is 0.408 e. The Kier molecular flexibility index (Phi) is 14.0. The number of ether oxygens (including phenoxy) is 2. The van der Waals surface area contributed by atoms with Gasteiger partial charge in [0.1, 0.15) is 23.4 Å². The summed E-state index contributed by atoms with van der Waals surface area (Å²) in [6.07, 6.45) is 4.66. The first kappa shape index (κ1) is 43.5. The summed E-state index contributed by atoms with van der Waals surface area (Å²) in [7, 11) is 1.33. The van der Waals surface area contributed by atoms with Crippen molar-refractivity contribution in [3.05, 3.63) is 65.7 Å². The third-order valence-electron chi connectivity index (χ3n) is 11.3. The highest BCUT2D eigenvalue weighted by atomic mass is 32.2. The monoisotopic (exact) mass is 807 g/mol. The van der Waals surface area contributed by atoms with Crippen molar-refractivity contribution in [1.29, 1.82) is 0 Å². The average molecular weight is 808 g/mol. The number of esters is 1. The number of amides is 4. The number of benzene rings is 2. The van der Waals surface area contributed by atoms with E-state index in [1.54, 1.807) is 32.9 Å². The minimum absolute atomic E-state index is 0.0329. The molecule has 4 aliphatic rings. The van der Waals surface area contributed by atoms with Crippen LogP contribution in [0.1, 0.15) is 70.4 Å². The second-order valence-corrected chi connectivity index (χ2v) is 17.9. The molecule has 6 rings (SSSR count). The number of phenolic OH excluding ortho intramolecular Hbond substituents is 1. The molecule has 2 aromatic carbocycles. The van der Waals surface area contributed by atoms with Gasteiger partial charge in [0.05, 0.1) is 31.0 Å². The van der Waals surface area contributed by atoms with Crippen LogP contribution in [0.2, 0.25) is 0 Å². The molecule has 4 amide bonds. The molecule has 4 aliphatic carbocycles. The minimum Gasteiger partial charge on any atom is -0.508 e. The number of ketones is 1. The summed E-state index contributed by atoms with van der Waals surface area (Å²) in [6.45, 7) is 4.57. The van der Waals surface area contributed by atoms with Gasteiger partial charge in [-0.1, -0.05) is 42.5 Å². The predicted molar refractivity (Wildman–Crippen MR) is 215 cm³/mol. The smallest absolute Gasteiger partial charge is 0.408 e. The van der Waals surface area contributed by atoms with Gasteiger partial charge in [0, 0.05) is 12.0 Å². The van der Waals surface area contributed by atoms with Crippen LogP contribution in [0, 0.1) is 23.2 Å². The normalized spacial score (nSPS) is 25.0. The second kappa shape index (κ2) is 18.3. The lowest BCUT2D eigenvalue weighted by atomic mass is 9.41. The van der Waals surface area contributed by atoms with E-state index in [-0.39, 0.29) is 42.6 Å². The number of hydrogen-bond acceptors (Lipinski definition) is 11. The molecule has 6 atom stereocenters. The SMILES string of the molecule is COC(=O)C12CC3CC(CC(N)(C3)C1C(=O)[C@H](Cc1ccccc1)NC(=O)CNC(=O)[C@H](CCSC)NC(=O)[C@H](Cc1ccc(O)cc1)NC(=O)OC(C)(C)C)C2. The molecule has 0 aliphatic heterocycles. The van der Waals surface area contributed by atoms with E-state index < -0.39 is 76.9 Å². The van der Waals surface area contributed by atoms with Crippen LogP contribution in [0.4, 0.5) is 4.79 Å². The van der Waals surface area contributed by atoms with E-state index in [0.29, 0.717) is 37.0 Å². The summed E-state index contributed by atoms with van der Waals surface area (Å²) >= 11 is 1.46. The fourth-order valence-electron chi connectivity index (χ4n) is 9.40. The van der Waals surface area contributed by atoms with Crippen LogP contribution in [0.25, 0.3) is 0 Å². The molecule has 0 saturated heterocycles. The zero-order valence-electron chi connectivity index (χ0n) is 33.4. The largest absolute Gasteiger partial charge is 0.508 e. The first-order valence-electron chi connectivity index (χ1n) is 19.5. The molecule has 7 N–H and O–H groups in total. The van der Waals surface area contributed by atoms with E-state index in [4.69, 9.17) is 15.2 Å². The minimum atomic E-state index is -1.15. The zero-order chi connectivity index (χ0) is 41.5. The van der Waals surface area contributed by atoms with Gasteiger partial charge < -0.3 is 41.6 Å². The van der Waals surface area contributed by atoms with Gasteiger partial charge in [-0.25, -0.2) is 4.79 Å². The third-order valence-corrected chi connectivity index (χ3v) is 12.0. The van der Waals surface area contributed by atoms with Gasteiger partial charge in [-0.3, -0.25) is 24.0 Å². The fraction of sp³-hybridized carbons (Fsp3) is 0.571. The van der Waals surface area contributed by atoms with Crippen molar-refractivity contribution in [2.75, 3.05) is 25.7 Å². The Labute approximate surface area is 338 Å². The molecule has 4 fully saturated rings. The summed E-state index contributed by atoms with van der Waals surface area (Å²) < 4.78 is 10.7.